The molecule has 0 aromatic carbocycles. The van der Waals surface area contributed by atoms with Gasteiger partial charge in [0.2, 0.25) is 0 Å². The fourth-order valence-electron chi connectivity index (χ4n) is 3.35. The normalized spacial score (nSPS) is 15.4. The summed E-state index contributed by atoms with van der Waals surface area (Å²) in [5.41, 5.74) is 0. The molecule has 0 spiro atoms. The summed E-state index contributed by atoms with van der Waals surface area (Å²) in [4.78, 5) is 6.49. The Labute approximate surface area is 157 Å². The van der Waals surface area contributed by atoms with Crippen LogP contribution >= 0.6 is 0 Å². The maximum Gasteiger partial charge on any atom is 0.0965 e. The highest BCUT2D eigenvalue weighted by Gasteiger charge is 2.10. The molecule has 0 saturated heterocycles. The van der Waals surface area contributed by atoms with E-state index in [1.165, 1.54) is 89.9 Å². The first-order chi connectivity index (χ1) is 12.3. The zero-order valence-electron chi connectivity index (χ0n) is 17.0. The molecule has 1 unspecified atom stereocenters. The summed E-state index contributed by atoms with van der Waals surface area (Å²) in [7, 11) is 0. The summed E-state index contributed by atoms with van der Waals surface area (Å²) >= 11 is 0. The highest BCUT2D eigenvalue weighted by Crippen LogP contribution is 2.13. The van der Waals surface area contributed by atoms with Gasteiger partial charge >= 0.3 is 0 Å². The predicted octanol–water partition coefficient (Wildman–Crippen LogP) is 6.26. The number of rotatable bonds is 17. The van der Waals surface area contributed by atoms with Gasteiger partial charge in [0.15, 0.2) is 0 Å². The molecular formula is C22H43N3. The van der Waals surface area contributed by atoms with Crippen molar-refractivity contribution < 1.29 is 0 Å². The smallest absolute Gasteiger partial charge is 0.0965 e. The third kappa shape index (κ3) is 12.9. The lowest BCUT2D eigenvalue weighted by Gasteiger charge is -2.22. The molecule has 0 fully saturated rings. The highest BCUT2D eigenvalue weighted by molar-refractivity contribution is 5.57. The second kappa shape index (κ2) is 16.5. The minimum Gasteiger partial charge on any atom is -0.372 e. The molecule has 146 valence electrons. The van der Waals surface area contributed by atoms with Gasteiger partial charge in [-0.05, 0) is 26.0 Å². The second-order valence-corrected chi connectivity index (χ2v) is 7.54. The molecule has 0 amide bonds. The molecule has 0 aromatic heterocycles. The van der Waals surface area contributed by atoms with Crippen LogP contribution < -0.4 is 5.32 Å². The number of unbranched alkanes of at least 4 members (excludes halogenated alkanes) is 13. The Morgan fingerprint density at radius 3 is 2.00 bits per heavy atom. The molecule has 1 aliphatic rings. The molecule has 1 heterocycles. The van der Waals surface area contributed by atoms with Crippen LogP contribution in [-0.4, -0.2) is 30.5 Å². The van der Waals surface area contributed by atoms with E-state index in [4.69, 9.17) is 0 Å². The van der Waals surface area contributed by atoms with Crippen LogP contribution in [-0.2, 0) is 0 Å². The van der Waals surface area contributed by atoms with E-state index in [1.807, 2.05) is 6.34 Å². The molecule has 25 heavy (non-hydrogen) atoms. The molecule has 0 bridgehead atoms. The minimum atomic E-state index is 0.356. The lowest BCUT2D eigenvalue weighted by atomic mass is 10.0. The van der Waals surface area contributed by atoms with Crippen molar-refractivity contribution in [2.45, 2.75) is 110 Å². The summed E-state index contributed by atoms with van der Waals surface area (Å²) in [6, 6.07) is 0. The molecule has 0 radical (unpaired) electrons. The second-order valence-electron chi connectivity index (χ2n) is 7.54. The molecule has 1 rings (SSSR count). The van der Waals surface area contributed by atoms with Crippen molar-refractivity contribution in [2.24, 2.45) is 4.99 Å². The first kappa shape index (κ1) is 22.1. The summed E-state index contributed by atoms with van der Waals surface area (Å²) in [6.07, 6.45) is 26.5. The monoisotopic (exact) mass is 349 g/mol. The van der Waals surface area contributed by atoms with Crippen LogP contribution in [0.4, 0.5) is 0 Å². The van der Waals surface area contributed by atoms with Crippen molar-refractivity contribution in [2.75, 3.05) is 13.1 Å². The van der Waals surface area contributed by atoms with Crippen LogP contribution in [0.1, 0.15) is 104 Å². The number of hydrogen-bond acceptors (Lipinski definition) is 3. The molecule has 0 saturated carbocycles. The van der Waals surface area contributed by atoms with Crippen molar-refractivity contribution in [3.8, 4) is 0 Å². The molecule has 3 nitrogen and oxygen atoms in total. The zero-order chi connectivity index (χ0) is 18.0. The van der Waals surface area contributed by atoms with E-state index in [-0.39, 0.29) is 0 Å². The van der Waals surface area contributed by atoms with Gasteiger partial charge < -0.3 is 10.2 Å². The zero-order valence-corrected chi connectivity index (χ0v) is 17.0. The number of nitrogens with one attached hydrogen (secondary N) is 1. The van der Waals surface area contributed by atoms with E-state index in [9.17, 15) is 0 Å². The van der Waals surface area contributed by atoms with Crippen molar-refractivity contribution in [1.29, 1.82) is 0 Å². The van der Waals surface area contributed by atoms with Gasteiger partial charge in [0.25, 0.3) is 0 Å². The largest absolute Gasteiger partial charge is 0.372 e. The van der Waals surface area contributed by atoms with Gasteiger partial charge in [0.1, 0.15) is 0 Å². The van der Waals surface area contributed by atoms with E-state index < -0.39 is 0 Å². The van der Waals surface area contributed by atoms with Crippen LogP contribution in [0.2, 0.25) is 0 Å². The number of aliphatic imine (C=N–C) groups is 1. The third-order valence-corrected chi connectivity index (χ3v) is 5.14. The lowest BCUT2D eigenvalue weighted by Crippen LogP contribution is -2.39. The summed E-state index contributed by atoms with van der Waals surface area (Å²) in [6.45, 7) is 6.46. The fourth-order valence-corrected chi connectivity index (χ4v) is 3.35. The van der Waals surface area contributed by atoms with Gasteiger partial charge in [-0.3, -0.25) is 4.99 Å². The van der Waals surface area contributed by atoms with Crippen LogP contribution in [0.5, 0.6) is 0 Å². The molecule has 1 atom stereocenters. The van der Waals surface area contributed by atoms with Crippen molar-refractivity contribution in [1.82, 2.24) is 10.2 Å². The standard InChI is InChI=1S/C22H43N3/c1-3-4-5-6-7-8-9-10-11-12-13-14-15-16-17-18-24-22(2)25-20-19-23-21-25/h17-18,21-22,24H,3-16,19-20H2,1-2H3. The van der Waals surface area contributed by atoms with Crippen LogP contribution in [0.25, 0.3) is 0 Å². The molecule has 0 aromatic rings. The van der Waals surface area contributed by atoms with Crippen LogP contribution in [0, 0.1) is 0 Å². The van der Waals surface area contributed by atoms with Gasteiger partial charge in [-0.15, -0.1) is 0 Å². The van der Waals surface area contributed by atoms with E-state index in [2.05, 4.69) is 41.3 Å². The number of hydrogen-bond donors (Lipinski definition) is 1. The first-order valence-electron chi connectivity index (χ1n) is 11.0. The van der Waals surface area contributed by atoms with Gasteiger partial charge in [0, 0.05) is 6.54 Å². The number of allylic oxidation sites excluding steroid dienone is 1. The fraction of sp³-hybridized carbons (Fsp3) is 0.864. The van der Waals surface area contributed by atoms with Gasteiger partial charge in [-0.1, -0.05) is 90.0 Å². The molecule has 3 heteroatoms. The van der Waals surface area contributed by atoms with Crippen molar-refractivity contribution in [3.05, 3.63) is 12.3 Å². The predicted molar refractivity (Wildman–Crippen MR) is 112 cm³/mol. The molecule has 1 aliphatic heterocycles. The molecule has 0 aliphatic carbocycles. The van der Waals surface area contributed by atoms with E-state index in [0.29, 0.717) is 6.17 Å². The van der Waals surface area contributed by atoms with Crippen LogP contribution in [0.3, 0.4) is 0 Å². The maximum absolute atomic E-state index is 4.25. The average Bonchev–Trinajstić information content (AvgIpc) is 3.16. The van der Waals surface area contributed by atoms with E-state index in [0.717, 1.165) is 13.1 Å². The summed E-state index contributed by atoms with van der Waals surface area (Å²) < 4.78 is 0. The quantitative estimate of drug-likeness (QED) is 0.314. The summed E-state index contributed by atoms with van der Waals surface area (Å²) in [5.74, 6) is 0. The average molecular weight is 350 g/mol. The Balaban J connectivity index is 1.75. The topological polar surface area (TPSA) is 27.6 Å². The Hall–Kier alpha value is -0.990. The van der Waals surface area contributed by atoms with Gasteiger partial charge in [0.05, 0.1) is 19.0 Å². The molecule has 1 N–H and O–H groups in total. The lowest BCUT2D eigenvalue weighted by molar-refractivity contribution is 0.337. The first-order valence-corrected chi connectivity index (χ1v) is 11.0. The van der Waals surface area contributed by atoms with Gasteiger partial charge in [-0.25, -0.2) is 0 Å². The highest BCUT2D eigenvalue weighted by atomic mass is 15.3. The van der Waals surface area contributed by atoms with Crippen LogP contribution in [0.15, 0.2) is 17.3 Å². The third-order valence-electron chi connectivity index (χ3n) is 5.14. The Kier molecular flexibility index (Phi) is 14.5. The van der Waals surface area contributed by atoms with Crippen molar-refractivity contribution >= 4 is 6.34 Å². The Morgan fingerprint density at radius 1 is 0.920 bits per heavy atom. The maximum atomic E-state index is 4.25. The van der Waals surface area contributed by atoms with Crippen molar-refractivity contribution in [3.63, 3.8) is 0 Å². The molecular weight excluding hydrogens is 306 g/mol. The minimum absolute atomic E-state index is 0.356. The van der Waals surface area contributed by atoms with Gasteiger partial charge in [-0.2, -0.15) is 0 Å². The summed E-state index contributed by atoms with van der Waals surface area (Å²) in [5, 5.41) is 3.43. The van der Waals surface area contributed by atoms with E-state index >= 15 is 0 Å². The van der Waals surface area contributed by atoms with E-state index in [1.54, 1.807) is 0 Å². The SMILES string of the molecule is CCCCCCCCCCCCCCCC=CNC(C)N1C=NCC1. The Bertz CT molecular complexity index is 338. The Morgan fingerprint density at radius 2 is 1.48 bits per heavy atom. The number of nitrogens with zero attached hydrogens (tertiary/aromatic N) is 2.